The zero-order valence-electron chi connectivity index (χ0n) is 21.1. The smallest absolute Gasteiger partial charge is 0.256 e. The van der Waals surface area contributed by atoms with Crippen LogP contribution in [0.5, 0.6) is 11.5 Å². The van der Waals surface area contributed by atoms with Crippen LogP contribution in [-0.4, -0.2) is 38.1 Å². The van der Waals surface area contributed by atoms with Crippen molar-refractivity contribution in [2.24, 2.45) is 5.14 Å². The van der Waals surface area contributed by atoms with Gasteiger partial charge in [-0.05, 0) is 55.5 Å². The molecule has 9 nitrogen and oxygen atoms in total. The molecule has 5 rings (SSSR count). The van der Waals surface area contributed by atoms with Crippen LogP contribution in [0.15, 0.2) is 77.8 Å². The summed E-state index contributed by atoms with van der Waals surface area (Å²) in [5, 5.41) is 9.49. The monoisotopic (exact) mass is 530 g/mol. The van der Waals surface area contributed by atoms with Gasteiger partial charge in [-0.3, -0.25) is 4.79 Å². The number of nitrogens with two attached hydrogens (primary N) is 1. The van der Waals surface area contributed by atoms with Gasteiger partial charge in [-0.15, -0.1) is 0 Å². The van der Waals surface area contributed by atoms with Gasteiger partial charge < -0.3 is 19.4 Å². The van der Waals surface area contributed by atoms with Crippen LogP contribution >= 0.6 is 0 Å². The molecule has 194 valence electrons. The molecule has 0 aliphatic rings. The lowest BCUT2D eigenvalue weighted by Crippen LogP contribution is -2.13. The molecule has 10 heteroatoms. The minimum atomic E-state index is -3.95. The van der Waals surface area contributed by atoms with Gasteiger partial charge in [0.05, 0.1) is 31.0 Å². The number of aryl methyl sites for hydroxylation is 1. The van der Waals surface area contributed by atoms with Gasteiger partial charge in [0.1, 0.15) is 4.90 Å². The number of para-hydroxylation sites is 1. The van der Waals surface area contributed by atoms with E-state index in [1.165, 1.54) is 6.20 Å². The molecule has 0 unspecified atom stereocenters. The van der Waals surface area contributed by atoms with E-state index in [4.69, 9.17) is 19.6 Å². The molecule has 0 fully saturated rings. The summed E-state index contributed by atoms with van der Waals surface area (Å²) >= 11 is 0. The number of pyridine rings is 1. The standard InChI is InChI=1S/C28H26N4O5S/c1-4-32-16-27(38(29,34)35)21-14-18(10-11-24(21)32)30-28(33)20-15-23(31-22-8-6-5-7-19(20)22)17-9-12-25(36-2)26(13-17)37-3/h5-16H,4H2,1-3H3,(H,30,33)(H2,29,34,35). The molecule has 0 aliphatic heterocycles. The van der Waals surface area contributed by atoms with Crippen LogP contribution in [0.25, 0.3) is 33.1 Å². The maximum atomic E-state index is 13.6. The summed E-state index contributed by atoms with van der Waals surface area (Å²) in [5.74, 6) is 0.766. The fraction of sp³-hybridized carbons (Fsp3) is 0.143. The molecule has 0 spiro atoms. The fourth-order valence-electron chi connectivity index (χ4n) is 4.54. The van der Waals surface area contributed by atoms with Crippen LogP contribution in [0, 0.1) is 0 Å². The number of anilines is 1. The molecule has 0 saturated carbocycles. The van der Waals surface area contributed by atoms with Crippen molar-refractivity contribution in [2.75, 3.05) is 19.5 Å². The van der Waals surface area contributed by atoms with E-state index in [2.05, 4.69) is 5.32 Å². The van der Waals surface area contributed by atoms with Crippen molar-refractivity contribution < 1.29 is 22.7 Å². The number of ether oxygens (including phenoxy) is 2. The average Bonchev–Trinajstić information content (AvgIpc) is 3.30. The van der Waals surface area contributed by atoms with Gasteiger partial charge in [0.2, 0.25) is 10.0 Å². The normalized spacial score (nSPS) is 11.6. The Morgan fingerprint density at radius 1 is 0.974 bits per heavy atom. The Labute approximate surface area is 219 Å². The molecule has 3 aromatic carbocycles. The molecule has 0 aliphatic carbocycles. The number of primary sulfonamides is 1. The van der Waals surface area contributed by atoms with E-state index >= 15 is 0 Å². The molecule has 0 bridgehead atoms. The number of fused-ring (bicyclic) bond motifs is 2. The van der Waals surface area contributed by atoms with Gasteiger partial charge in [0.25, 0.3) is 5.91 Å². The fourth-order valence-corrected chi connectivity index (χ4v) is 5.28. The van der Waals surface area contributed by atoms with Crippen molar-refractivity contribution in [3.05, 3.63) is 78.5 Å². The number of hydrogen-bond acceptors (Lipinski definition) is 6. The Morgan fingerprint density at radius 3 is 2.45 bits per heavy atom. The van der Waals surface area contributed by atoms with Gasteiger partial charge in [-0.2, -0.15) is 0 Å². The predicted octanol–water partition coefficient (Wildman–Crippen LogP) is 4.79. The van der Waals surface area contributed by atoms with E-state index in [1.807, 2.05) is 37.3 Å². The van der Waals surface area contributed by atoms with Gasteiger partial charge in [-0.1, -0.05) is 18.2 Å². The van der Waals surface area contributed by atoms with Crippen molar-refractivity contribution in [1.82, 2.24) is 9.55 Å². The maximum Gasteiger partial charge on any atom is 0.256 e. The Balaban J connectivity index is 1.58. The van der Waals surface area contributed by atoms with Crippen LogP contribution in [0.4, 0.5) is 5.69 Å². The van der Waals surface area contributed by atoms with Crippen molar-refractivity contribution in [3.8, 4) is 22.8 Å². The number of nitrogens with one attached hydrogen (secondary N) is 1. The molecule has 2 heterocycles. The zero-order chi connectivity index (χ0) is 27.0. The van der Waals surface area contributed by atoms with Crippen molar-refractivity contribution >= 4 is 43.4 Å². The topological polar surface area (TPSA) is 126 Å². The lowest BCUT2D eigenvalue weighted by atomic mass is 10.0. The number of carbonyl (C=O) groups excluding carboxylic acids is 1. The number of nitrogens with zero attached hydrogens (tertiary/aromatic N) is 2. The third-order valence-electron chi connectivity index (χ3n) is 6.39. The summed E-state index contributed by atoms with van der Waals surface area (Å²) in [6.07, 6.45) is 1.51. The first-order valence-electron chi connectivity index (χ1n) is 11.8. The van der Waals surface area contributed by atoms with Crippen LogP contribution in [0.1, 0.15) is 17.3 Å². The van der Waals surface area contributed by atoms with Gasteiger partial charge in [0.15, 0.2) is 11.5 Å². The molecule has 38 heavy (non-hydrogen) atoms. The van der Waals surface area contributed by atoms with Crippen LogP contribution in [-0.2, 0) is 16.6 Å². The molecule has 0 radical (unpaired) electrons. The molecule has 0 atom stereocenters. The average molecular weight is 531 g/mol. The highest BCUT2D eigenvalue weighted by Crippen LogP contribution is 2.34. The largest absolute Gasteiger partial charge is 0.493 e. The van der Waals surface area contributed by atoms with Crippen LogP contribution in [0.3, 0.4) is 0 Å². The molecule has 0 saturated heterocycles. The van der Waals surface area contributed by atoms with Crippen LogP contribution < -0.4 is 19.9 Å². The van der Waals surface area contributed by atoms with Gasteiger partial charge >= 0.3 is 0 Å². The second kappa shape index (κ2) is 9.81. The number of amides is 1. The minimum absolute atomic E-state index is 0.00977. The van der Waals surface area contributed by atoms with E-state index in [-0.39, 0.29) is 10.8 Å². The maximum absolute atomic E-state index is 13.6. The zero-order valence-corrected chi connectivity index (χ0v) is 21.9. The summed E-state index contributed by atoms with van der Waals surface area (Å²) < 4.78 is 36.9. The molecule has 5 aromatic rings. The number of carbonyl (C=O) groups is 1. The Morgan fingerprint density at radius 2 is 1.74 bits per heavy atom. The highest BCUT2D eigenvalue weighted by Gasteiger charge is 2.19. The van der Waals surface area contributed by atoms with E-state index in [9.17, 15) is 13.2 Å². The molecule has 1 amide bonds. The number of hydrogen-bond donors (Lipinski definition) is 2. The summed E-state index contributed by atoms with van der Waals surface area (Å²) in [6.45, 7) is 2.48. The first kappa shape index (κ1) is 25.2. The number of aromatic nitrogens is 2. The van der Waals surface area contributed by atoms with E-state index in [0.29, 0.717) is 56.8 Å². The Hall–Kier alpha value is -4.41. The lowest BCUT2D eigenvalue weighted by molar-refractivity contribution is 0.102. The van der Waals surface area contributed by atoms with E-state index < -0.39 is 10.0 Å². The summed E-state index contributed by atoms with van der Waals surface area (Å²) in [4.78, 5) is 18.4. The number of rotatable bonds is 7. The molecular formula is C28H26N4O5S. The first-order chi connectivity index (χ1) is 18.2. The Kier molecular flexibility index (Phi) is 6.52. The highest BCUT2D eigenvalue weighted by molar-refractivity contribution is 7.89. The van der Waals surface area contributed by atoms with Crippen molar-refractivity contribution in [3.63, 3.8) is 0 Å². The summed E-state index contributed by atoms with van der Waals surface area (Å²) in [5.41, 5.74) is 3.55. The van der Waals surface area contributed by atoms with Crippen LogP contribution in [0.2, 0.25) is 0 Å². The second-order valence-electron chi connectivity index (χ2n) is 8.65. The summed E-state index contributed by atoms with van der Waals surface area (Å²) in [7, 11) is -0.832. The Bertz CT molecular complexity index is 1810. The van der Waals surface area contributed by atoms with E-state index in [1.54, 1.807) is 55.2 Å². The SMILES string of the molecule is CCn1cc(S(N)(=O)=O)c2cc(NC(=O)c3cc(-c4ccc(OC)c(OC)c4)nc4ccccc34)ccc21. The minimum Gasteiger partial charge on any atom is -0.493 e. The summed E-state index contributed by atoms with van der Waals surface area (Å²) in [6, 6.07) is 19.7. The second-order valence-corrected chi connectivity index (χ2v) is 10.2. The number of methoxy groups -OCH3 is 2. The molecule has 2 aromatic heterocycles. The van der Waals surface area contributed by atoms with Gasteiger partial charge in [0, 0.05) is 40.3 Å². The van der Waals surface area contributed by atoms with Gasteiger partial charge in [-0.25, -0.2) is 18.5 Å². The van der Waals surface area contributed by atoms with Crippen molar-refractivity contribution in [1.29, 1.82) is 0 Å². The molecule has 3 N–H and O–H groups in total. The predicted molar refractivity (Wildman–Crippen MR) is 147 cm³/mol. The highest BCUT2D eigenvalue weighted by atomic mass is 32.2. The quantitative estimate of drug-likeness (QED) is 0.312. The molecular weight excluding hydrogens is 504 g/mol. The first-order valence-corrected chi connectivity index (χ1v) is 13.4. The number of benzene rings is 3. The van der Waals surface area contributed by atoms with Crippen molar-refractivity contribution in [2.45, 2.75) is 18.4 Å². The third-order valence-corrected chi connectivity index (χ3v) is 7.33. The lowest BCUT2D eigenvalue weighted by Gasteiger charge is -2.13. The van der Waals surface area contributed by atoms with E-state index in [0.717, 1.165) is 5.56 Å². The number of sulfonamides is 1. The third kappa shape index (κ3) is 4.55.